The van der Waals surface area contributed by atoms with E-state index < -0.39 is 0 Å². The lowest BCUT2D eigenvalue weighted by molar-refractivity contribution is -0.134. The third kappa shape index (κ3) is 2.13. The molecule has 2 rings (SSSR count). The van der Waals surface area contributed by atoms with E-state index in [-0.39, 0.29) is 5.97 Å². The predicted octanol–water partition coefficient (Wildman–Crippen LogP) is 0.237. The summed E-state index contributed by atoms with van der Waals surface area (Å²) in [6.07, 6.45) is 3.41. The van der Waals surface area contributed by atoms with E-state index in [4.69, 9.17) is 4.74 Å². The zero-order valence-electron chi connectivity index (χ0n) is 8.29. The van der Waals surface area contributed by atoms with Gasteiger partial charge in [-0.15, -0.1) is 0 Å². The van der Waals surface area contributed by atoms with E-state index in [1.54, 1.807) is 6.08 Å². The van der Waals surface area contributed by atoms with Crippen molar-refractivity contribution in [1.82, 2.24) is 5.32 Å². The molecule has 2 heterocycles. The van der Waals surface area contributed by atoms with Crippen LogP contribution in [0, 0.1) is 0 Å². The molecule has 4 nitrogen and oxygen atoms in total. The summed E-state index contributed by atoms with van der Waals surface area (Å²) in [5, 5.41) is 3.46. The van der Waals surface area contributed by atoms with E-state index in [1.807, 2.05) is 0 Å². The Kier molecular flexibility index (Phi) is 2.84. The number of ether oxygens (including phenoxy) is 2. The predicted molar refractivity (Wildman–Crippen MR) is 50.9 cm³/mol. The lowest BCUT2D eigenvalue weighted by atomic mass is 9.92. The van der Waals surface area contributed by atoms with E-state index in [9.17, 15) is 4.79 Å². The van der Waals surface area contributed by atoms with Crippen molar-refractivity contribution in [3.05, 3.63) is 11.6 Å². The minimum atomic E-state index is -0.249. The summed E-state index contributed by atoms with van der Waals surface area (Å²) in [4.78, 5) is 11.0. The zero-order valence-corrected chi connectivity index (χ0v) is 8.29. The third-order valence-electron chi connectivity index (χ3n) is 2.65. The molecular weight excluding hydrogens is 182 g/mol. The van der Waals surface area contributed by atoms with Gasteiger partial charge in [-0.05, 0) is 12.8 Å². The molecule has 2 aliphatic heterocycles. The van der Waals surface area contributed by atoms with Gasteiger partial charge in [-0.3, -0.25) is 0 Å². The fourth-order valence-electron chi connectivity index (χ4n) is 2.08. The highest BCUT2D eigenvalue weighted by atomic mass is 16.5. The van der Waals surface area contributed by atoms with Crippen LogP contribution in [0.4, 0.5) is 0 Å². The molecule has 0 amide bonds. The molecule has 2 atom stereocenters. The highest BCUT2D eigenvalue weighted by molar-refractivity contribution is 5.82. The molecule has 0 spiro atoms. The molecule has 0 aromatic rings. The Morgan fingerprint density at radius 2 is 2.14 bits per heavy atom. The molecule has 2 unspecified atom stereocenters. The van der Waals surface area contributed by atoms with E-state index in [2.05, 4.69) is 10.1 Å². The summed E-state index contributed by atoms with van der Waals surface area (Å²) in [7, 11) is 1.41. The highest BCUT2D eigenvalue weighted by Crippen LogP contribution is 2.22. The van der Waals surface area contributed by atoms with Crippen molar-refractivity contribution in [2.24, 2.45) is 0 Å². The Bertz CT molecular complexity index is 248. The van der Waals surface area contributed by atoms with Gasteiger partial charge in [0.15, 0.2) is 0 Å². The van der Waals surface area contributed by atoms with Gasteiger partial charge in [-0.1, -0.05) is 5.57 Å². The van der Waals surface area contributed by atoms with Crippen LogP contribution in [0.2, 0.25) is 0 Å². The van der Waals surface area contributed by atoms with Crippen molar-refractivity contribution in [3.63, 3.8) is 0 Å². The van der Waals surface area contributed by atoms with Crippen LogP contribution in [0.1, 0.15) is 12.8 Å². The first-order valence-electron chi connectivity index (χ1n) is 4.89. The van der Waals surface area contributed by atoms with Gasteiger partial charge >= 0.3 is 5.97 Å². The SMILES string of the molecule is COC(=O)C=C1CC2COCC(C1)N2. The van der Waals surface area contributed by atoms with Crippen LogP contribution >= 0.6 is 0 Å². The van der Waals surface area contributed by atoms with Crippen LogP contribution < -0.4 is 5.32 Å². The van der Waals surface area contributed by atoms with E-state index in [1.165, 1.54) is 12.7 Å². The lowest BCUT2D eigenvalue weighted by Crippen LogP contribution is -2.52. The van der Waals surface area contributed by atoms with Gasteiger partial charge in [-0.25, -0.2) is 4.79 Å². The normalized spacial score (nSPS) is 31.1. The highest BCUT2D eigenvalue weighted by Gasteiger charge is 2.28. The number of morpholine rings is 1. The van der Waals surface area contributed by atoms with Gasteiger partial charge < -0.3 is 14.8 Å². The van der Waals surface area contributed by atoms with E-state index >= 15 is 0 Å². The molecule has 0 radical (unpaired) electrons. The summed E-state index contributed by atoms with van der Waals surface area (Å²) in [6, 6.07) is 0.747. The maximum absolute atomic E-state index is 11.0. The molecule has 2 saturated heterocycles. The van der Waals surface area contributed by atoms with Crippen molar-refractivity contribution in [1.29, 1.82) is 0 Å². The Balaban J connectivity index is 2.01. The molecule has 2 fully saturated rings. The maximum Gasteiger partial charge on any atom is 0.330 e. The molecule has 1 N–H and O–H groups in total. The van der Waals surface area contributed by atoms with Gasteiger partial charge in [0.1, 0.15) is 0 Å². The van der Waals surface area contributed by atoms with E-state index in [0.29, 0.717) is 12.1 Å². The minimum Gasteiger partial charge on any atom is -0.466 e. The minimum absolute atomic E-state index is 0.249. The fourth-order valence-corrected chi connectivity index (χ4v) is 2.08. The number of piperidine rings is 1. The van der Waals surface area contributed by atoms with Crippen molar-refractivity contribution >= 4 is 5.97 Å². The largest absolute Gasteiger partial charge is 0.466 e. The standard InChI is InChI=1S/C10H15NO3/c1-13-10(12)4-7-2-8-5-14-6-9(3-7)11-8/h4,8-9,11H,2-3,5-6H2,1H3. The van der Waals surface area contributed by atoms with Crippen molar-refractivity contribution < 1.29 is 14.3 Å². The van der Waals surface area contributed by atoms with Crippen molar-refractivity contribution in [2.45, 2.75) is 24.9 Å². The second kappa shape index (κ2) is 4.11. The quantitative estimate of drug-likeness (QED) is 0.483. The molecule has 2 aliphatic rings. The molecule has 4 heteroatoms. The number of carbonyl (C=O) groups excluding carboxylic acids is 1. The van der Waals surface area contributed by atoms with Crippen molar-refractivity contribution in [2.75, 3.05) is 20.3 Å². The van der Waals surface area contributed by atoms with Gasteiger partial charge in [0.2, 0.25) is 0 Å². The average molecular weight is 197 g/mol. The molecular formula is C10H15NO3. The lowest BCUT2D eigenvalue weighted by Gasteiger charge is -2.37. The Morgan fingerprint density at radius 3 is 2.71 bits per heavy atom. The number of fused-ring (bicyclic) bond motifs is 2. The Labute approximate surface area is 83.3 Å². The second-order valence-corrected chi connectivity index (χ2v) is 3.83. The number of methoxy groups -OCH3 is 1. The summed E-state index contributed by atoms with van der Waals surface area (Å²) < 4.78 is 10.0. The van der Waals surface area contributed by atoms with Crippen LogP contribution in [-0.4, -0.2) is 38.4 Å². The summed E-state index contributed by atoms with van der Waals surface area (Å²) in [5.74, 6) is -0.249. The fraction of sp³-hybridized carbons (Fsp3) is 0.700. The van der Waals surface area contributed by atoms with Crippen LogP contribution in [0.5, 0.6) is 0 Å². The summed E-state index contributed by atoms with van der Waals surface area (Å²) in [6.45, 7) is 1.49. The summed E-state index contributed by atoms with van der Waals surface area (Å²) >= 11 is 0. The van der Waals surface area contributed by atoms with Gasteiger partial charge in [0, 0.05) is 18.2 Å². The topological polar surface area (TPSA) is 47.6 Å². The zero-order chi connectivity index (χ0) is 9.97. The number of rotatable bonds is 1. The molecule has 2 bridgehead atoms. The average Bonchev–Trinajstić information content (AvgIpc) is 2.17. The monoisotopic (exact) mass is 197 g/mol. The van der Waals surface area contributed by atoms with Crippen LogP contribution in [-0.2, 0) is 14.3 Å². The number of esters is 1. The first-order chi connectivity index (χ1) is 6.78. The van der Waals surface area contributed by atoms with Crippen molar-refractivity contribution in [3.8, 4) is 0 Å². The van der Waals surface area contributed by atoms with Gasteiger partial charge in [0.25, 0.3) is 0 Å². The smallest absolute Gasteiger partial charge is 0.330 e. The van der Waals surface area contributed by atoms with Crippen LogP contribution in [0.15, 0.2) is 11.6 Å². The number of nitrogens with one attached hydrogen (secondary N) is 1. The summed E-state index contributed by atoms with van der Waals surface area (Å²) in [5.41, 5.74) is 1.17. The number of carbonyl (C=O) groups is 1. The number of hydrogen-bond donors (Lipinski definition) is 1. The van der Waals surface area contributed by atoms with Crippen LogP contribution in [0.25, 0.3) is 0 Å². The molecule has 0 saturated carbocycles. The van der Waals surface area contributed by atoms with Gasteiger partial charge in [0.05, 0.1) is 20.3 Å². The Morgan fingerprint density at radius 1 is 1.50 bits per heavy atom. The van der Waals surface area contributed by atoms with Gasteiger partial charge in [-0.2, -0.15) is 0 Å². The molecule has 0 aromatic heterocycles. The molecule has 14 heavy (non-hydrogen) atoms. The molecule has 78 valence electrons. The van der Waals surface area contributed by atoms with E-state index in [0.717, 1.165) is 26.1 Å². The molecule has 0 aromatic carbocycles. The second-order valence-electron chi connectivity index (χ2n) is 3.83. The third-order valence-corrected chi connectivity index (χ3v) is 2.65. The first-order valence-corrected chi connectivity index (χ1v) is 4.89. The van der Waals surface area contributed by atoms with Crippen LogP contribution in [0.3, 0.4) is 0 Å². The number of hydrogen-bond acceptors (Lipinski definition) is 4. The first kappa shape index (κ1) is 9.68. The Hall–Kier alpha value is -0.870. The maximum atomic E-state index is 11.0. The molecule has 0 aliphatic carbocycles.